The molecule has 1 heteroatoms. The summed E-state index contributed by atoms with van der Waals surface area (Å²) >= 11 is 0. The zero-order chi connectivity index (χ0) is 29.1. The highest BCUT2D eigenvalue weighted by atomic mass is 16.5. The van der Waals surface area contributed by atoms with Gasteiger partial charge in [-0.3, -0.25) is 0 Å². The minimum absolute atomic E-state index is 0.519. The molecule has 0 spiro atoms. The van der Waals surface area contributed by atoms with Crippen LogP contribution in [0.1, 0.15) is 151 Å². The van der Waals surface area contributed by atoms with E-state index in [0.717, 1.165) is 13.2 Å². The van der Waals surface area contributed by atoms with Gasteiger partial charge in [0.15, 0.2) is 0 Å². The standard InChI is InChI=1S/C40H62O/c1-3-37(39-31-23-19-24-32-39)29-21-15-11-7-5-9-13-17-27-35-41-36-28-18-14-10-6-8-12-16-22-30-38(4-2)40-33-25-20-26-34-40/h3-4,19-20,23-26,31-34,37-38H,1-2,5-18,21-22,27-30,35-36H2. The molecular weight excluding hydrogens is 496 g/mol. The lowest BCUT2D eigenvalue weighted by Crippen LogP contribution is -1.97. The van der Waals surface area contributed by atoms with E-state index in [-0.39, 0.29) is 0 Å². The van der Waals surface area contributed by atoms with Crippen molar-refractivity contribution >= 4 is 0 Å². The van der Waals surface area contributed by atoms with E-state index in [2.05, 4.69) is 86.0 Å². The maximum atomic E-state index is 5.88. The summed E-state index contributed by atoms with van der Waals surface area (Å²) in [5, 5.41) is 0. The quantitative estimate of drug-likeness (QED) is 0.0745. The fourth-order valence-corrected chi connectivity index (χ4v) is 5.96. The summed E-state index contributed by atoms with van der Waals surface area (Å²) in [6.07, 6.45) is 31.1. The van der Waals surface area contributed by atoms with E-state index in [1.165, 1.54) is 140 Å². The highest BCUT2D eigenvalue weighted by molar-refractivity contribution is 5.23. The van der Waals surface area contributed by atoms with Crippen LogP contribution in [0.2, 0.25) is 0 Å². The summed E-state index contributed by atoms with van der Waals surface area (Å²) < 4.78 is 5.88. The molecule has 2 unspecified atom stereocenters. The smallest absolute Gasteiger partial charge is 0.0466 e. The van der Waals surface area contributed by atoms with Crippen molar-refractivity contribution in [3.8, 4) is 0 Å². The van der Waals surface area contributed by atoms with Crippen molar-refractivity contribution in [2.24, 2.45) is 0 Å². The largest absolute Gasteiger partial charge is 0.381 e. The highest BCUT2D eigenvalue weighted by Gasteiger charge is 2.07. The summed E-state index contributed by atoms with van der Waals surface area (Å²) in [6, 6.07) is 21.7. The summed E-state index contributed by atoms with van der Waals surface area (Å²) in [5.41, 5.74) is 2.83. The molecule has 228 valence electrons. The van der Waals surface area contributed by atoms with Gasteiger partial charge in [-0.05, 0) is 36.8 Å². The summed E-state index contributed by atoms with van der Waals surface area (Å²) in [6.45, 7) is 10.0. The Bertz CT molecular complexity index is 770. The zero-order valence-electron chi connectivity index (χ0n) is 26.5. The molecule has 2 rings (SSSR count). The van der Waals surface area contributed by atoms with Crippen LogP contribution in [-0.2, 0) is 4.74 Å². The third-order valence-corrected chi connectivity index (χ3v) is 8.63. The second-order valence-electron chi connectivity index (χ2n) is 12.1. The van der Waals surface area contributed by atoms with Crippen LogP contribution in [0.25, 0.3) is 0 Å². The fourth-order valence-electron chi connectivity index (χ4n) is 5.96. The van der Waals surface area contributed by atoms with Crippen LogP contribution in [0.5, 0.6) is 0 Å². The van der Waals surface area contributed by atoms with E-state index in [9.17, 15) is 0 Å². The van der Waals surface area contributed by atoms with Crippen molar-refractivity contribution in [2.75, 3.05) is 13.2 Å². The van der Waals surface area contributed by atoms with Crippen molar-refractivity contribution in [3.63, 3.8) is 0 Å². The number of rotatable bonds is 28. The number of hydrogen-bond donors (Lipinski definition) is 0. The molecule has 0 saturated heterocycles. The van der Waals surface area contributed by atoms with Gasteiger partial charge < -0.3 is 4.74 Å². The third-order valence-electron chi connectivity index (χ3n) is 8.63. The van der Waals surface area contributed by atoms with Gasteiger partial charge in [0.25, 0.3) is 0 Å². The number of hydrogen-bond acceptors (Lipinski definition) is 1. The highest BCUT2D eigenvalue weighted by Crippen LogP contribution is 2.25. The van der Waals surface area contributed by atoms with Gasteiger partial charge >= 0.3 is 0 Å². The number of unbranched alkanes of at least 4 members (excludes halogenated alkanes) is 16. The Kier molecular flexibility index (Phi) is 21.9. The van der Waals surface area contributed by atoms with Crippen molar-refractivity contribution in [1.82, 2.24) is 0 Å². The van der Waals surface area contributed by atoms with E-state index in [1.807, 2.05) is 0 Å². The van der Waals surface area contributed by atoms with E-state index in [0.29, 0.717) is 11.8 Å². The van der Waals surface area contributed by atoms with Crippen LogP contribution in [-0.4, -0.2) is 13.2 Å². The van der Waals surface area contributed by atoms with Crippen LogP contribution in [0.15, 0.2) is 86.0 Å². The molecular formula is C40H62O. The van der Waals surface area contributed by atoms with Crippen molar-refractivity contribution < 1.29 is 4.74 Å². The predicted molar refractivity (Wildman–Crippen MR) is 182 cm³/mol. The van der Waals surface area contributed by atoms with Crippen LogP contribution >= 0.6 is 0 Å². The average Bonchev–Trinajstić information content (AvgIpc) is 3.02. The van der Waals surface area contributed by atoms with Crippen LogP contribution in [0, 0.1) is 0 Å². The van der Waals surface area contributed by atoms with Crippen LogP contribution in [0.4, 0.5) is 0 Å². The molecule has 2 atom stereocenters. The lowest BCUT2D eigenvalue weighted by Gasteiger charge is -2.12. The molecule has 0 aliphatic heterocycles. The first-order chi connectivity index (χ1) is 20.3. The van der Waals surface area contributed by atoms with E-state index < -0.39 is 0 Å². The van der Waals surface area contributed by atoms with Crippen molar-refractivity contribution in [3.05, 3.63) is 97.1 Å². The Balaban J connectivity index is 1.24. The summed E-state index contributed by atoms with van der Waals surface area (Å²) in [7, 11) is 0. The first-order valence-corrected chi connectivity index (χ1v) is 17.3. The van der Waals surface area contributed by atoms with Crippen LogP contribution < -0.4 is 0 Å². The fraction of sp³-hybridized carbons (Fsp3) is 0.600. The molecule has 0 aromatic heterocycles. The molecule has 0 bridgehead atoms. The molecule has 0 fully saturated rings. The lowest BCUT2D eigenvalue weighted by atomic mass is 9.93. The van der Waals surface area contributed by atoms with E-state index in [4.69, 9.17) is 4.74 Å². The van der Waals surface area contributed by atoms with Crippen molar-refractivity contribution in [2.45, 2.75) is 140 Å². The van der Waals surface area contributed by atoms with Gasteiger partial charge in [0.2, 0.25) is 0 Å². The van der Waals surface area contributed by atoms with E-state index >= 15 is 0 Å². The van der Waals surface area contributed by atoms with Gasteiger partial charge in [0.05, 0.1) is 0 Å². The molecule has 0 heterocycles. The molecule has 0 amide bonds. The SMILES string of the molecule is C=CC(CCCCCCCCCCCOCCCCCCCCCCCC(C=C)c1ccccc1)c1ccccc1. The van der Waals surface area contributed by atoms with Crippen LogP contribution in [0.3, 0.4) is 0 Å². The molecule has 2 aromatic carbocycles. The Morgan fingerprint density at radius 1 is 0.415 bits per heavy atom. The van der Waals surface area contributed by atoms with Gasteiger partial charge in [0, 0.05) is 25.0 Å². The molecule has 0 N–H and O–H groups in total. The second-order valence-corrected chi connectivity index (χ2v) is 12.1. The van der Waals surface area contributed by atoms with Crippen molar-refractivity contribution in [1.29, 1.82) is 0 Å². The predicted octanol–water partition coefficient (Wildman–Crippen LogP) is 12.7. The van der Waals surface area contributed by atoms with E-state index in [1.54, 1.807) is 0 Å². The molecule has 0 aliphatic rings. The molecule has 0 saturated carbocycles. The minimum atomic E-state index is 0.519. The normalized spacial score (nSPS) is 12.7. The minimum Gasteiger partial charge on any atom is -0.381 e. The van der Waals surface area contributed by atoms with Gasteiger partial charge in [-0.25, -0.2) is 0 Å². The Morgan fingerprint density at radius 3 is 1.02 bits per heavy atom. The van der Waals surface area contributed by atoms with Gasteiger partial charge in [-0.2, -0.15) is 0 Å². The zero-order valence-corrected chi connectivity index (χ0v) is 26.5. The Labute approximate surface area is 254 Å². The lowest BCUT2D eigenvalue weighted by molar-refractivity contribution is 0.125. The topological polar surface area (TPSA) is 9.23 Å². The third kappa shape index (κ3) is 18.1. The number of ether oxygens (including phenoxy) is 1. The number of allylic oxidation sites excluding steroid dienone is 2. The van der Waals surface area contributed by atoms with Gasteiger partial charge in [-0.15, -0.1) is 13.2 Å². The Morgan fingerprint density at radius 2 is 0.707 bits per heavy atom. The number of benzene rings is 2. The van der Waals surface area contributed by atoms with Gasteiger partial charge in [0.1, 0.15) is 0 Å². The maximum Gasteiger partial charge on any atom is 0.0466 e. The average molecular weight is 559 g/mol. The first-order valence-electron chi connectivity index (χ1n) is 17.3. The Hall–Kier alpha value is -2.12. The van der Waals surface area contributed by atoms with Gasteiger partial charge in [-0.1, -0.05) is 176 Å². The molecule has 1 nitrogen and oxygen atoms in total. The molecule has 0 radical (unpaired) electrons. The molecule has 0 aliphatic carbocycles. The second kappa shape index (κ2) is 25.6. The molecule has 2 aromatic rings. The summed E-state index contributed by atoms with van der Waals surface area (Å²) in [5.74, 6) is 1.04. The first kappa shape index (κ1) is 35.1. The maximum absolute atomic E-state index is 5.88. The summed E-state index contributed by atoms with van der Waals surface area (Å²) in [4.78, 5) is 0. The molecule has 41 heavy (non-hydrogen) atoms. The monoisotopic (exact) mass is 558 g/mol.